The van der Waals surface area contributed by atoms with E-state index < -0.39 is 6.83 Å². The van der Waals surface area contributed by atoms with Crippen molar-refractivity contribution in [3.8, 4) is 11.8 Å². The van der Waals surface area contributed by atoms with Gasteiger partial charge in [0.25, 0.3) is 0 Å². The Morgan fingerprint density at radius 3 is 2.38 bits per heavy atom. The topological polar surface area (TPSA) is 62.0 Å². The molecule has 0 saturated heterocycles. The summed E-state index contributed by atoms with van der Waals surface area (Å²) in [5.41, 5.74) is 4.14. The third-order valence-electron chi connectivity index (χ3n) is 6.84. The molecule has 4 nitrogen and oxygen atoms in total. The molecule has 1 unspecified atom stereocenters. The molecule has 1 N–H and O–H groups in total. The summed E-state index contributed by atoms with van der Waals surface area (Å²) in [6.07, 6.45) is 5.86. The second-order valence-electron chi connectivity index (χ2n) is 10.2. The van der Waals surface area contributed by atoms with E-state index in [-0.39, 0.29) is 10.9 Å². The number of carbonyl (C=O) groups excluding carboxylic acids is 1. The molecular weight excluding hydrogens is 515 g/mol. The van der Waals surface area contributed by atoms with E-state index in [9.17, 15) is 9.69 Å². The second-order valence-corrected chi connectivity index (χ2v) is 16.4. The average Bonchev–Trinajstić information content (AvgIpc) is 3.02. The van der Waals surface area contributed by atoms with Crippen molar-refractivity contribution in [2.75, 3.05) is 12.8 Å². The Morgan fingerprint density at radius 1 is 1.08 bits per heavy atom. The monoisotopic (exact) mass is 554 g/mol. The van der Waals surface area contributed by atoms with Crippen LogP contribution in [-0.2, 0) is 5.75 Å². The number of rotatable bonds is 11. The zero-order chi connectivity index (χ0) is 27.1. The Morgan fingerprint density at radius 2 is 1.73 bits per heavy atom. The van der Waals surface area contributed by atoms with Crippen molar-refractivity contribution in [2.45, 2.75) is 70.9 Å². The maximum atomic E-state index is 14.3. The molecule has 37 heavy (non-hydrogen) atoms. The number of thioether (sulfide) groups is 1. The normalized spacial score (nSPS) is 16.5. The van der Waals surface area contributed by atoms with E-state index in [0.29, 0.717) is 22.6 Å². The van der Waals surface area contributed by atoms with Crippen molar-refractivity contribution < 1.29 is 9.69 Å². The second kappa shape index (κ2) is 12.8. The number of benzene rings is 2. The van der Waals surface area contributed by atoms with E-state index in [1.54, 1.807) is 0 Å². The molecule has 1 aliphatic heterocycles. The van der Waals surface area contributed by atoms with Crippen LogP contribution in [0.3, 0.4) is 0 Å². The van der Waals surface area contributed by atoms with Gasteiger partial charge in [0.2, 0.25) is 0 Å². The molecule has 0 aliphatic carbocycles. The summed E-state index contributed by atoms with van der Waals surface area (Å²) in [6, 6.07) is 13.7. The Bertz CT molecular complexity index is 1240. The van der Waals surface area contributed by atoms with Crippen LogP contribution in [0.1, 0.15) is 73.0 Å². The molecule has 198 valence electrons. The van der Waals surface area contributed by atoms with Gasteiger partial charge in [0, 0.05) is 0 Å². The number of hydrogen-bond donors (Lipinski definition) is 2. The third kappa shape index (κ3) is 7.36. The summed E-state index contributed by atoms with van der Waals surface area (Å²) in [4.78, 5) is 35.7. The van der Waals surface area contributed by atoms with E-state index in [4.69, 9.17) is 0 Å². The van der Waals surface area contributed by atoms with Gasteiger partial charge in [-0.1, -0.05) is 0 Å². The van der Waals surface area contributed by atoms with Crippen LogP contribution in [0.5, 0.6) is 0 Å². The molecule has 2 aromatic carbocycles. The fourth-order valence-electron chi connectivity index (χ4n) is 4.77. The standard InChI is InChI=1S/C30H39N2O2PS2/c1-6-7-8-9-13-18-35(5,34,26-14-11-10-12-15-26)29(33)28-22(2)19-25(20-23(28)3)21-37-30-31-24(4)16-17-27(36)32-30/h10-12,14-15,19-20,27,34,36H,6-9,13,18,21H2,1-5H3. The first-order chi connectivity index (χ1) is 17.5. The van der Waals surface area contributed by atoms with E-state index in [0.717, 1.165) is 53.4 Å². The molecule has 3 rings (SSSR count). The Labute approximate surface area is 232 Å². The zero-order valence-corrected chi connectivity index (χ0v) is 25.2. The molecular formula is C30H39N2O2PS2. The number of aliphatic imine (C=N–C) groups is 2. The maximum absolute atomic E-state index is 14.3. The number of hydrogen-bond acceptors (Lipinski definition) is 6. The predicted octanol–water partition coefficient (Wildman–Crippen LogP) is 7.15. The van der Waals surface area contributed by atoms with E-state index in [1.807, 2.05) is 57.8 Å². The molecule has 0 amide bonds. The number of nitrogens with zero attached hydrogens (tertiary/aromatic N) is 2. The summed E-state index contributed by atoms with van der Waals surface area (Å²) in [5, 5.41) is 1.04. The van der Waals surface area contributed by atoms with Gasteiger partial charge in [-0.15, -0.1) is 0 Å². The van der Waals surface area contributed by atoms with Gasteiger partial charge in [-0.05, 0) is 0 Å². The van der Waals surface area contributed by atoms with Crippen LogP contribution in [0, 0.1) is 25.7 Å². The number of aryl methyl sites for hydroxylation is 2. The van der Waals surface area contributed by atoms with E-state index in [2.05, 4.69) is 53.5 Å². The van der Waals surface area contributed by atoms with Crippen LogP contribution in [0.15, 0.2) is 52.4 Å². The molecule has 0 radical (unpaired) electrons. The summed E-state index contributed by atoms with van der Waals surface area (Å²) in [7, 11) is 0. The van der Waals surface area contributed by atoms with Crippen LogP contribution in [0.4, 0.5) is 0 Å². The Balaban J connectivity index is 1.89. The van der Waals surface area contributed by atoms with Crippen molar-refractivity contribution in [2.24, 2.45) is 9.98 Å². The van der Waals surface area contributed by atoms with Crippen molar-refractivity contribution in [1.82, 2.24) is 0 Å². The van der Waals surface area contributed by atoms with Gasteiger partial charge in [0.05, 0.1) is 0 Å². The van der Waals surface area contributed by atoms with Crippen LogP contribution in [0.2, 0.25) is 0 Å². The minimum atomic E-state index is -3.88. The van der Waals surface area contributed by atoms with Crippen molar-refractivity contribution in [1.29, 1.82) is 0 Å². The molecule has 0 aromatic heterocycles. The van der Waals surface area contributed by atoms with Gasteiger partial charge < -0.3 is 0 Å². The number of carbonyl (C=O) groups is 1. The third-order valence-corrected chi connectivity index (χ3v) is 12.4. The predicted molar refractivity (Wildman–Crippen MR) is 167 cm³/mol. The fourth-order valence-corrected chi connectivity index (χ4v) is 9.47. The van der Waals surface area contributed by atoms with Gasteiger partial charge in [-0.25, -0.2) is 0 Å². The van der Waals surface area contributed by atoms with Gasteiger partial charge >= 0.3 is 233 Å². The van der Waals surface area contributed by atoms with Crippen molar-refractivity contribution in [3.63, 3.8) is 0 Å². The molecule has 1 atom stereocenters. The molecule has 1 heterocycles. The SMILES string of the molecule is CCCCCCCP(C)(O)(C(=O)c1c(C)cc(CSC2=NC(S)C#CC(C)=N2)cc1C)c1ccccc1. The number of thiol groups is 1. The zero-order valence-electron chi connectivity index (χ0n) is 22.6. The quantitative estimate of drug-likeness (QED) is 0.134. The van der Waals surface area contributed by atoms with E-state index in [1.165, 1.54) is 18.2 Å². The first kappa shape index (κ1) is 29.7. The van der Waals surface area contributed by atoms with Gasteiger partial charge in [-0.2, -0.15) is 0 Å². The Hall–Kier alpha value is -1.90. The molecule has 0 spiro atoms. The van der Waals surface area contributed by atoms with Crippen molar-refractivity contribution in [3.05, 3.63) is 64.7 Å². The molecule has 0 fully saturated rings. The first-order valence-electron chi connectivity index (χ1n) is 13.0. The molecule has 7 heteroatoms. The van der Waals surface area contributed by atoms with Gasteiger partial charge in [-0.3, -0.25) is 0 Å². The summed E-state index contributed by atoms with van der Waals surface area (Å²) >= 11 is 5.91. The fraction of sp³-hybridized carbons (Fsp3) is 0.433. The van der Waals surface area contributed by atoms with Crippen LogP contribution in [0.25, 0.3) is 0 Å². The van der Waals surface area contributed by atoms with Gasteiger partial charge in [0.1, 0.15) is 0 Å². The average molecular weight is 555 g/mol. The van der Waals surface area contributed by atoms with Gasteiger partial charge in [0.15, 0.2) is 0 Å². The molecule has 2 aromatic rings. The first-order valence-corrected chi connectivity index (χ1v) is 17.3. The number of amidine groups is 1. The van der Waals surface area contributed by atoms with Crippen LogP contribution < -0.4 is 5.30 Å². The molecule has 0 saturated carbocycles. The van der Waals surface area contributed by atoms with E-state index >= 15 is 0 Å². The number of unbranched alkanes of at least 4 members (excludes halogenated alkanes) is 4. The minimum absolute atomic E-state index is 0.106. The Kier molecular flexibility index (Phi) is 10.2. The van der Waals surface area contributed by atoms with Crippen LogP contribution >= 0.6 is 31.2 Å². The summed E-state index contributed by atoms with van der Waals surface area (Å²) < 4.78 is 0. The van der Waals surface area contributed by atoms with Crippen molar-refractivity contribution >= 4 is 52.9 Å². The molecule has 0 bridgehead atoms. The summed E-state index contributed by atoms with van der Waals surface area (Å²) in [6.45, 7) is 5.96. The van der Waals surface area contributed by atoms with Crippen LogP contribution in [-0.4, -0.2) is 39.5 Å². The molecule has 1 aliphatic rings. The summed E-state index contributed by atoms with van der Waals surface area (Å²) in [5.74, 6) is 6.56.